The van der Waals surface area contributed by atoms with Gasteiger partial charge >= 0.3 is 11.9 Å². The Morgan fingerprint density at radius 1 is 0.647 bits per heavy atom. The van der Waals surface area contributed by atoms with E-state index in [2.05, 4.69) is 0 Å². The predicted molar refractivity (Wildman–Crippen MR) is 64.2 cm³/mol. The van der Waals surface area contributed by atoms with Crippen LogP contribution in [0.25, 0.3) is 0 Å². The third-order valence-corrected chi connectivity index (χ3v) is 4.07. The molecule has 1 heterocycles. The fourth-order valence-corrected chi connectivity index (χ4v) is 3.01. The van der Waals surface area contributed by atoms with Gasteiger partial charge in [0.1, 0.15) is 0 Å². The first-order valence-electron chi connectivity index (χ1n) is 7.04. The average molecular weight is 238 g/mol. The minimum Gasteiger partial charge on any atom is -0.393 e. The second-order valence-corrected chi connectivity index (χ2v) is 5.36. The van der Waals surface area contributed by atoms with Crippen LogP contribution in [0.4, 0.5) is 0 Å². The molecule has 0 amide bonds. The molecule has 2 unspecified atom stereocenters. The molecule has 1 aliphatic heterocycles. The maximum atomic E-state index is 11.6. The summed E-state index contributed by atoms with van der Waals surface area (Å²) in [5, 5.41) is 0. The van der Waals surface area contributed by atoms with E-state index in [-0.39, 0.29) is 23.8 Å². The van der Waals surface area contributed by atoms with Crippen LogP contribution in [-0.4, -0.2) is 11.9 Å². The van der Waals surface area contributed by atoms with Crippen molar-refractivity contribution in [1.82, 2.24) is 0 Å². The molecule has 3 nitrogen and oxygen atoms in total. The maximum Gasteiger partial charge on any atom is 0.317 e. The summed E-state index contributed by atoms with van der Waals surface area (Å²) in [4.78, 5) is 23.2. The molecule has 2 atom stereocenters. The Bertz CT molecular complexity index is 257. The molecule has 0 N–H and O–H groups in total. The van der Waals surface area contributed by atoms with Crippen molar-refractivity contribution in [2.24, 2.45) is 11.8 Å². The van der Waals surface area contributed by atoms with Crippen molar-refractivity contribution in [2.45, 2.75) is 64.2 Å². The van der Waals surface area contributed by atoms with Crippen molar-refractivity contribution in [3.63, 3.8) is 0 Å². The van der Waals surface area contributed by atoms with Crippen molar-refractivity contribution in [2.75, 3.05) is 0 Å². The van der Waals surface area contributed by atoms with Crippen molar-refractivity contribution < 1.29 is 14.3 Å². The van der Waals surface area contributed by atoms with E-state index >= 15 is 0 Å². The fourth-order valence-electron chi connectivity index (χ4n) is 3.01. The lowest BCUT2D eigenvalue weighted by atomic mass is 9.85. The number of carbonyl (C=O) groups is 2. The summed E-state index contributed by atoms with van der Waals surface area (Å²) < 4.78 is 4.79. The first kappa shape index (κ1) is 12.6. The van der Waals surface area contributed by atoms with E-state index < -0.39 is 0 Å². The Hall–Kier alpha value is -0.860. The lowest BCUT2D eigenvalue weighted by Gasteiger charge is -2.14. The summed E-state index contributed by atoms with van der Waals surface area (Å²) in [5.41, 5.74) is 0. The normalized spacial score (nSPS) is 32.2. The molecule has 1 aliphatic carbocycles. The highest BCUT2D eigenvalue weighted by Crippen LogP contribution is 2.33. The van der Waals surface area contributed by atoms with E-state index in [4.69, 9.17) is 4.74 Å². The zero-order valence-corrected chi connectivity index (χ0v) is 10.5. The molecule has 0 spiro atoms. The van der Waals surface area contributed by atoms with Gasteiger partial charge in [-0.1, -0.05) is 51.4 Å². The second-order valence-electron chi connectivity index (χ2n) is 5.36. The fraction of sp³-hybridized carbons (Fsp3) is 0.857. The van der Waals surface area contributed by atoms with E-state index in [1.165, 1.54) is 38.5 Å². The molecule has 2 rings (SSSR count). The lowest BCUT2D eigenvalue weighted by molar-refractivity contribution is -0.153. The summed E-state index contributed by atoms with van der Waals surface area (Å²) in [5.74, 6) is -0.807. The summed E-state index contributed by atoms with van der Waals surface area (Å²) in [7, 11) is 0. The third-order valence-electron chi connectivity index (χ3n) is 4.07. The predicted octanol–water partition coefficient (Wildman–Crippen LogP) is 3.22. The van der Waals surface area contributed by atoms with Crippen molar-refractivity contribution in [1.29, 1.82) is 0 Å². The van der Waals surface area contributed by atoms with Gasteiger partial charge in [0.05, 0.1) is 11.8 Å². The van der Waals surface area contributed by atoms with Gasteiger partial charge in [0.2, 0.25) is 0 Å². The first-order valence-corrected chi connectivity index (χ1v) is 7.04. The van der Waals surface area contributed by atoms with Gasteiger partial charge in [0, 0.05) is 0 Å². The van der Waals surface area contributed by atoms with Gasteiger partial charge in [-0.2, -0.15) is 0 Å². The molecular formula is C14H22O3. The highest BCUT2D eigenvalue weighted by Gasteiger charge is 2.42. The number of carbonyl (C=O) groups excluding carboxylic acids is 2. The van der Waals surface area contributed by atoms with Gasteiger partial charge in [-0.05, 0) is 12.8 Å². The van der Waals surface area contributed by atoms with E-state index in [0.29, 0.717) is 0 Å². The largest absolute Gasteiger partial charge is 0.393 e. The Morgan fingerprint density at radius 2 is 1.00 bits per heavy atom. The van der Waals surface area contributed by atoms with Crippen molar-refractivity contribution >= 4 is 11.9 Å². The van der Waals surface area contributed by atoms with Crippen molar-refractivity contribution in [3.05, 3.63) is 0 Å². The number of hydrogen-bond acceptors (Lipinski definition) is 3. The second kappa shape index (κ2) is 6.18. The number of fused-ring (bicyclic) bond motifs is 1. The topological polar surface area (TPSA) is 43.4 Å². The summed E-state index contributed by atoms with van der Waals surface area (Å²) in [6.45, 7) is 0. The van der Waals surface area contributed by atoms with E-state index in [9.17, 15) is 9.59 Å². The minimum absolute atomic E-state index is 0.137. The van der Waals surface area contributed by atoms with Crippen LogP contribution in [-0.2, 0) is 14.3 Å². The Morgan fingerprint density at radius 3 is 1.41 bits per heavy atom. The van der Waals surface area contributed by atoms with Crippen LogP contribution >= 0.6 is 0 Å². The molecule has 3 heteroatoms. The van der Waals surface area contributed by atoms with Gasteiger partial charge in [0.25, 0.3) is 0 Å². The van der Waals surface area contributed by atoms with Crippen LogP contribution in [0.15, 0.2) is 0 Å². The van der Waals surface area contributed by atoms with Gasteiger partial charge < -0.3 is 4.74 Å². The number of hydrogen-bond donors (Lipinski definition) is 0. The smallest absolute Gasteiger partial charge is 0.317 e. The number of rotatable bonds is 0. The van der Waals surface area contributed by atoms with Gasteiger partial charge in [-0.15, -0.1) is 0 Å². The molecule has 0 aromatic carbocycles. The van der Waals surface area contributed by atoms with E-state index in [1.807, 2.05) is 0 Å². The highest BCUT2D eigenvalue weighted by molar-refractivity contribution is 5.96. The van der Waals surface area contributed by atoms with E-state index in [0.717, 1.165) is 25.7 Å². The molecule has 1 saturated heterocycles. The Balaban J connectivity index is 1.94. The molecule has 2 aliphatic rings. The molecule has 2 fully saturated rings. The van der Waals surface area contributed by atoms with Crippen LogP contribution in [0.2, 0.25) is 0 Å². The van der Waals surface area contributed by atoms with Crippen LogP contribution in [0.5, 0.6) is 0 Å². The lowest BCUT2D eigenvalue weighted by Crippen LogP contribution is -2.18. The van der Waals surface area contributed by atoms with Gasteiger partial charge in [-0.25, -0.2) is 0 Å². The summed E-state index contributed by atoms with van der Waals surface area (Å²) in [6, 6.07) is 0. The first-order chi connectivity index (χ1) is 8.29. The molecule has 0 radical (unpaired) electrons. The molecule has 0 aromatic heterocycles. The molecular weight excluding hydrogens is 216 g/mol. The minimum atomic E-state index is -0.267. The molecule has 1 saturated carbocycles. The average Bonchev–Trinajstić information content (AvgIpc) is 2.54. The molecule has 0 aromatic rings. The zero-order chi connectivity index (χ0) is 12.1. The summed E-state index contributed by atoms with van der Waals surface area (Å²) in [6.07, 6.45) is 11.3. The zero-order valence-electron chi connectivity index (χ0n) is 10.5. The third kappa shape index (κ3) is 3.30. The number of cyclic esters (lactones) is 2. The Kier molecular flexibility index (Phi) is 4.57. The SMILES string of the molecule is O=C1OC(=O)C2CCCCCCCCCCC12. The molecule has 17 heavy (non-hydrogen) atoms. The van der Waals surface area contributed by atoms with Crippen LogP contribution in [0, 0.1) is 11.8 Å². The van der Waals surface area contributed by atoms with Crippen molar-refractivity contribution in [3.8, 4) is 0 Å². The van der Waals surface area contributed by atoms with Crippen LogP contribution in [0.3, 0.4) is 0 Å². The monoisotopic (exact) mass is 238 g/mol. The number of ether oxygens (including phenoxy) is 1. The van der Waals surface area contributed by atoms with Crippen LogP contribution in [0.1, 0.15) is 64.2 Å². The molecule has 96 valence electrons. The number of esters is 2. The highest BCUT2D eigenvalue weighted by atomic mass is 16.6. The quantitative estimate of drug-likeness (QED) is 0.480. The van der Waals surface area contributed by atoms with Gasteiger partial charge in [-0.3, -0.25) is 9.59 Å². The summed E-state index contributed by atoms with van der Waals surface area (Å²) >= 11 is 0. The maximum absolute atomic E-state index is 11.6. The van der Waals surface area contributed by atoms with Gasteiger partial charge in [0.15, 0.2) is 0 Å². The molecule has 0 bridgehead atoms. The van der Waals surface area contributed by atoms with Crippen LogP contribution < -0.4 is 0 Å². The Labute approximate surface area is 103 Å². The standard InChI is InChI=1S/C14H22O3/c15-13-11-9-7-5-3-1-2-4-6-8-10-12(11)14(16)17-13/h11-12H,1-10H2. The van der Waals surface area contributed by atoms with E-state index in [1.54, 1.807) is 0 Å².